The molecule has 0 N–H and O–H groups in total. The summed E-state index contributed by atoms with van der Waals surface area (Å²) in [4.78, 5) is 13.4. The molecule has 0 saturated heterocycles. The number of nitrogens with zero attached hydrogens (tertiary/aromatic N) is 4. The molecule has 8 heteroatoms. The van der Waals surface area contributed by atoms with Crippen molar-refractivity contribution >= 4 is 10.9 Å². The van der Waals surface area contributed by atoms with Crippen LogP contribution in [-0.4, -0.2) is 19.6 Å². The Kier molecular flexibility index (Phi) is 5.40. The molecule has 0 radical (unpaired) electrons. The van der Waals surface area contributed by atoms with Gasteiger partial charge in [-0.2, -0.15) is 23.4 Å². The summed E-state index contributed by atoms with van der Waals surface area (Å²) in [6.45, 7) is 8.02. The summed E-state index contributed by atoms with van der Waals surface area (Å²) in [6, 6.07) is 10.6. The van der Waals surface area contributed by atoms with Crippen LogP contribution in [0.25, 0.3) is 16.6 Å². The third-order valence-corrected chi connectivity index (χ3v) is 5.61. The lowest BCUT2D eigenvalue weighted by molar-refractivity contribution is -0.137. The summed E-state index contributed by atoms with van der Waals surface area (Å²) >= 11 is 0. The highest BCUT2D eigenvalue weighted by Gasteiger charge is 2.30. The number of hydrogen-bond acceptors (Lipinski definition) is 3. The van der Waals surface area contributed by atoms with Crippen molar-refractivity contribution in [2.24, 2.45) is 0 Å². The van der Waals surface area contributed by atoms with E-state index in [0.29, 0.717) is 22.2 Å². The fraction of sp³-hybridized carbons (Fsp3) is 0.292. The van der Waals surface area contributed by atoms with Crippen molar-refractivity contribution in [3.63, 3.8) is 0 Å². The summed E-state index contributed by atoms with van der Waals surface area (Å²) in [7, 11) is 0. The van der Waals surface area contributed by atoms with Crippen LogP contribution in [0.4, 0.5) is 13.2 Å². The molecular formula is C24H23F3N4O. The first-order valence-corrected chi connectivity index (χ1v) is 10.3. The van der Waals surface area contributed by atoms with Gasteiger partial charge in [0.15, 0.2) is 0 Å². The molecule has 4 rings (SSSR count). The van der Waals surface area contributed by atoms with E-state index in [-0.39, 0.29) is 18.0 Å². The van der Waals surface area contributed by atoms with Crippen LogP contribution in [0, 0.1) is 13.8 Å². The van der Waals surface area contributed by atoms with Crippen LogP contribution < -0.4 is 5.56 Å². The van der Waals surface area contributed by atoms with Gasteiger partial charge in [-0.3, -0.25) is 4.79 Å². The summed E-state index contributed by atoms with van der Waals surface area (Å²) < 4.78 is 41.5. The van der Waals surface area contributed by atoms with E-state index in [9.17, 15) is 18.0 Å². The molecule has 2 aromatic heterocycles. The second-order valence-corrected chi connectivity index (χ2v) is 8.28. The van der Waals surface area contributed by atoms with E-state index < -0.39 is 11.7 Å². The zero-order valence-corrected chi connectivity index (χ0v) is 18.2. The number of benzene rings is 2. The summed E-state index contributed by atoms with van der Waals surface area (Å²) in [5.74, 6) is 0.0226. The van der Waals surface area contributed by atoms with Crippen molar-refractivity contribution < 1.29 is 13.2 Å². The third-order valence-electron chi connectivity index (χ3n) is 5.61. The number of aryl methyl sites for hydroxylation is 2. The maximum absolute atomic E-state index is 13.4. The molecule has 0 atom stereocenters. The zero-order valence-electron chi connectivity index (χ0n) is 18.2. The highest BCUT2D eigenvalue weighted by atomic mass is 19.4. The van der Waals surface area contributed by atoms with Crippen molar-refractivity contribution in [3.8, 4) is 5.69 Å². The van der Waals surface area contributed by atoms with E-state index in [1.165, 1.54) is 16.8 Å². The average molecular weight is 440 g/mol. The minimum atomic E-state index is -4.41. The van der Waals surface area contributed by atoms with Crippen LogP contribution in [0.1, 0.15) is 47.7 Å². The number of hydrogen-bond donors (Lipinski definition) is 0. The van der Waals surface area contributed by atoms with Crippen molar-refractivity contribution in [1.82, 2.24) is 19.6 Å². The maximum Gasteiger partial charge on any atom is 0.416 e. The van der Waals surface area contributed by atoms with Crippen LogP contribution in [0.3, 0.4) is 0 Å². The molecule has 0 spiro atoms. The number of fused-ring (bicyclic) bond motifs is 1. The van der Waals surface area contributed by atoms with E-state index in [1.54, 1.807) is 10.9 Å². The minimum Gasteiger partial charge on any atom is -0.265 e. The van der Waals surface area contributed by atoms with Gasteiger partial charge in [0.05, 0.1) is 29.7 Å². The smallest absolute Gasteiger partial charge is 0.265 e. The van der Waals surface area contributed by atoms with Crippen LogP contribution in [0.15, 0.2) is 53.5 Å². The number of aromatic nitrogens is 4. The van der Waals surface area contributed by atoms with Crippen molar-refractivity contribution in [3.05, 3.63) is 87.0 Å². The largest absolute Gasteiger partial charge is 0.416 e. The Balaban J connectivity index is 1.85. The second-order valence-electron chi connectivity index (χ2n) is 8.28. The second kappa shape index (κ2) is 7.93. The predicted molar refractivity (Wildman–Crippen MR) is 117 cm³/mol. The van der Waals surface area contributed by atoms with Gasteiger partial charge in [-0.25, -0.2) is 9.36 Å². The van der Waals surface area contributed by atoms with Crippen molar-refractivity contribution in [1.29, 1.82) is 0 Å². The molecule has 0 aliphatic heterocycles. The van der Waals surface area contributed by atoms with Gasteiger partial charge in [-0.15, -0.1) is 0 Å². The summed E-state index contributed by atoms with van der Waals surface area (Å²) in [6.07, 6.45) is -2.76. The van der Waals surface area contributed by atoms with E-state index in [1.807, 2.05) is 45.9 Å². The Labute approximate surface area is 183 Å². The monoisotopic (exact) mass is 440 g/mol. The van der Waals surface area contributed by atoms with E-state index in [4.69, 9.17) is 0 Å². The molecule has 166 valence electrons. The quantitative estimate of drug-likeness (QED) is 0.428. The number of halogens is 3. The molecule has 5 nitrogen and oxygen atoms in total. The first kappa shape index (κ1) is 21.8. The van der Waals surface area contributed by atoms with Gasteiger partial charge in [0.25, 0.3) is 5.56 Å². The maximum atomic E-state index is 13.4. The molecule has 4 aromatic rings. The Bertz CT molecular complexity index is 1350. The van der Waals surface area contributed by atoms with Crippen molar-refractivity contribution in [2.75, 3.05) is 0 Å². The van der Waals surface area contributed by atoms with Gasteiger partial charge in [-0.1, -0.05) is 32.0 Å². The van der Waals surface area contributed by atoms with Crippen LogP contribution in [-0.2, 0) is 12.7 Å². The molecule has 0 aliphatic rings. The Hall–Kier alpha value is -3.42. The van der Waals surface area contributed by atoms with Gasteiger partial charge in [0.1, 0.15) is 5.52 Å². The molecule has 0 aliphatic carbocycles. The minimum absolute atomic E-state index is 0.0226. The summed E-state index contributed by atoms with van der Waals surface area (Å²) in [5, 5.41) is 9.67. The average Bonchev–Trinajstić information content (AvgIpc) is 3.17. The first-order chi connectivity index (χ1) is 15.1. The fourth-order valence-electron chi connectivity index (χ4n) is 3.65. The SMILES string of the molecule is Cc1ccc(-n2ncc3c(C(C)C)nn(Cc4ccc(C(F)(F)F)cc4)c(=O)c32)cc1C. The van der Waals surface area contributed by atoms with Gasteiger partial charge < -0.3 is 0 Å². The Morgan fingerprint density at radius 1 is 1.00 bits per heavy atom. The lowest BCUT2D eigenvalue weighted by Gasteiger charge is -2.13. The lowest BCUT2D eigenvalue weighted by atomic mass is 10.1. The third kappa shape index (κ3) is 3.92. The standard InChI is InChI=1S/C24H23F3N4O/c1-14(2)21-20-12-28-31(19-10-5-15(3)16(4)11-19)22(20)23(32)30(29-21)13-17-6-8-18(9-7-17)24(25,26)27/h5-12,14H,13H2,1-4H3. The van der Waals surface area contributed by atoms with E-state index in [0.717, 1.165) is 28.9 Å². The molecule has 0 fully saturated rings. The van der Waals surface area contributed by atoms with Gasteiger partial charge >= 0.3 is 6.18 Å². The normalized spacial score (nSPS) is 12.1. The summed E-state index contributed by atoms with van der Waals surface area (Å²) in [5.41, 5.74) is 3.57. The van der Waals surface area contributed by atoms with Crippen LogP contribution in [0.2, 0.25) is 0 Å². The zero-order chi connectivity index (χ0) is 23.2. The van der Waals surface area contributed by atoms with Crippen molar-refractivity contribution in [2.45, 2.75) is 46.3 Å². The Morgan fingerprint density at radius 3 is 2.28 bits per heavy atom. The molecule has 32 heavy (non-hydrogen) atoms. The molecule has 0 amide bonds. The highest BCUT2D eigenvalue weighted by Crippen LogP contribution is 2.29. The predicted octanol–water partition coefficient (Wildman–Crippen LogP) is 5.39. The van der Waals surface area contributed by atoms with Crippen LogP contribution in [0.5, 0.6) is 0 Å². The number of rotatable bonds is 4. The van der Waals surface area contributed by atoms with Gasteiger partial charge in [0.2, 0.25) is 0 Å². The number of alkyl halides is 3. The molecule has 0 bridgehead atoms. The molecular weight excluding hydrogens is 417 g/mol. The van der Waals surface area contributed by atoms with Gasteiger partial charge in [-0.05, 0) is 60.7 Å². The van der Waals surface area contributed by atoms with Gasteiger partial charge in [0, 0.05) is 5.39 Å². The molecule has 0 saturated carbocycles. The Morgan fingerprint density at radius 2 is 1.69 bits per heavy atom. The van der Waals surface area contributed by atoms with E-state index in [2.05, 4.69) is 10.2 Å². The molecule has 2 aromatic carbocycles. The van der Waals surface area contributed by atoms with Crippen LogP contribution >= 0.6 is 0 Å². The molecule has 0 unspecified atom stereocenters. The molecule has 2 heterocycles. The highest BCUT2D eigenvalue weighted by molar-refractivity contribution is 5.82. The first-order valence-electron chi connectivity index (χ1n) is 10.3. The van der Waals surface area contributed by atoms with E-state index >= 15 is 0 Å². The lowest BCUT2D eigenvalue weighted by Crippen LogP contribution is -2.27. The fourth-order valence-corrected chi connectivity index (χ4v) is 3.65. The topological polar surface area (TPSA) is 52.7 Å².